The van der Waals surface area contributed by atoms with Crippen molar-refractivity contribution < 1.29 is 66.6 Å². The third kappa shape index (κ3) is 6.12. The smallest absolute Gasteiger partial charge is 0.411 e. The lowest BCUT2D eigenvalue weighted by molar-refractivity contribution is -0.0947. The van der Waals surface area contributed by atoms with Gasteiger partial charge in [0, 0.05) is 11.8 Å². The van der Waals surface area contributed by atoms with E-state index in [0.717, 1.165) is 19.5 Å². The molecule has 0 spiro atoms. The monoisotopic (exact) mass is 563 g/mol. The maximum Gasteiger partial charge on any atom is 0.490 e. The van der Waals surface area contributed by atoms with Crippen molar-refractivity contribution in [3.63, 3.8) is 0 Å². The van der Waals surface area contributed by atoms with Crippen molar-refractivity contribution in [1.29, 1.82) is 0 Å². The first-order valence-corrected chi connectivity index (χ1v) is 13.6. The van der Waals surface area contributed by atoms with Crippen LogP contribution in [0.5, 0.6) is 0 Å². The topological polar surface area (TPSA) is 299 Å². The molecule has 0 aliphatic carbocycles. The minimum absolute atomic E-state index is 0.00829. The minimum atomic E-state index is -5.75. The van der Waals surface area contributed by atoms with E-state index < -0.39 is 54.1 Å². The van der Waals surface area contributed by atoms with Crippen LogP contribution in [0.4, 0.5) is 5.82 Å². The average Bonchev–Trinajstić information content (AvgIpc) is 3.14. The number of aliphatic hydroxyl groups is 2. The second-order valence-electron chi connectivity index (χ2n) is 7.28. The van der Waals surface area contributed by atoms with Crippen molar-refractivity contribution in [2.24, 2.45) is 5.16 Å². The van der Waals surface area contributed by atoms with Gasteiger partial charge in [0.25, 0.3) is 0 Å². The number of anilines is 1. The Morgan fingerprint density at radius 2 is 1.89 bits per heavy atom. The molecule has 1 saturated heterocycles. The third-order valence-electron chi connectivity index (χ3n) is 4.69. The maximum atomic E-state index is 12.0. The van der Waals surface area contributed by atoms with Gasteiger partial charge in [0.15, 0.2) is 6.23 Å². The van der Waals surface area contributed by atoms with E-state index in [0.29, 0.717) is 0 Å². The summed E-state index contributed by atoms with van der Waals surface area (Å²) in [4.78, 5) is 43.8. The summed E-state index contributed by atoms with van der Waals surface area (Å²) in [5.41, 5.74) is 4.07. The number of hydrogen-bond donors (Lipinski definition) is 8. The molecule has 196 valence electrons. The molecule has 0 aromatic carbocycles. The zero-order chi connectivity index (χ0) is 26.4. The normalized spacial score (nSPS) is 28.9. The van der Waals surface area contributed by atoms with Crippen LogP contribution in [0.2, 0.25) is 0 Å². The van der Waals surface area contributed by atoms with Gasteiger partial charge in [0.05, 0.1) is 18.2 Å². The Kier molecular flexibility index (Phi) is 7.59. The molecule has 35 heavy (non-hydrogen) atoms. The minimum Gasteiger partial charge on any atom is -0.411 e. The van der Waals surface area contributed by atoms with Gasteiger partial charge in [-0.05, 0) is 6.92 Å². The summed E-state index contributed by atoms with van der Waals surface area (Å²) in [5.74, 6) is -0.00829. The predicted molar refractivity (Wildman–Crippen MR) is 112 cm³/mol. The van der Waals surface area contributed by atoms with E-state index in [4.69, 9.17) is 25.5 Å². The lowest BCUT2D eigenvalue weighted by atomic mass is 9.96. The molecule has 0 radical (unpaired) electrons. The number of phosphoric ester groups is 1. The van der Waals surface area contributed by atoms with Gasteiger partial charge in [0.1, 0.15) is 35.6 Å². The standard InChI is InChI=1S/C13H20N5O14P3/c1-13(20)9(19)7(4-29-34(25,26)32-35(27,28)31-33(22,23)24)30-12(13)18-3-6(2-17-21)8-10(14)15-5-16-11(8)18/h2-3,5,7,9,12,19-21H,4H2,1H3,(H,25,26)(H,27,28)(H2,14,15,16)(H2,22,23,24)/b17-2+/t7-,9-,12-,13-/m1/s1. The second kappa shape index (κ2) is 9.57. The van der Waals surface area contributed by atoms with E-state index in [1.807, 2.05) is 0 Å². The van der Waals surface area contributed by atoms with Crippen LogP contribution in [-0.4, -0.2) is 80.2 Å². The van der Waals surface area contributed by atoms with Crippen LogP contribution in [0.3, 0.4) is 0 Å². The van der Waals surface area contributed by atoms with Crippen LogP contribution in [-0.2, 0) is 31.6 Å². The molecule has 0 bridgehead atoms. The number of hydrogen-bond acceptors (Lipinski definition) is 14. The first-order chi connectivity index (χ1) is 16.0. The Hall–Kier alpha value is -1.82. The number of aromatic nitrogens is 3. The van der Waals surface area contributed by atoms with Gasteiger partial charge < -0.3 is 50.0 Å². The molecule has 2 aromatic rings. The fourth-order valence-electron chi connectivity index (χ4n) is 3.33. The van der Waals surface area contributed by atoms with Crippen molar-refractivity contribution in [1.82, 2.24) is 14.5 Å². The molecule has 19 nitrogen and oxygen atoms in total. The number of aliphatic hydroxyl groups excluding tert-OH is 1. The lowest BCUT2D eigenvalue weighted by Crippen LogP contribution is -2.44. The molecule has 1 aliphatic heterocycles. The van der Waals surface area contributed by atoms with E-state index >= 15 is 0 Å². The van der Waals surface area contributed by atoms with Crippen LogP contribution in [0.1, 0.15) is 18.7 Å². The molecule has 2 aromatic heterocycles. The first kappa shape index (κ1) is 27.8. The number of oxime groups is 1. The van der Waals surface area contributed by atoms with Crippen LogP contribution in [0, 0.1) is 0 Å². The van der Waals surface area contributed by atoms with Crippen molar-refractivity contribution in [3.8, 4) is 0 Å². The summed E-state index contributed by atoms with van der Waals surface area (Å²) < 4.78 is 52.6. The molecule has 0 saturated carbocycles. The van der Waals surface area contributed by atoms with Crippen LogP contribution in [0.15, 0.2) is 17.7 Å². The Labute approximate surface area is 194 Å². The first-order valence-electron chi connectivity index (χ1n) is 9.10. The highest BCUT2D eigenvalue weighted by atomic mass is 31.3. The summed E-state index contributed by atoms with van der Waals surface area (Å²) in [7, 11) is -16.8. The largest absolute Gasteiger partial charge is 0.490 e. The molecule has 9 N–H and O–H groups in total. The predicted octanol–water partition coefficient (Wildman–Crippen LogP) is -0.826. The van der Waals surface area contributed by atoms with Gasteiger partial charge >= 0.3 is 23.5 Å². The zero-order valence-electron chi connectivity index (χ0n) is 17.4. The van der Waals surface area contributed by atoms with Crippen LogP contribution in [0.25, 0.3) is 11.0 Å². The Morgan fingerprint density at radius 3 is 2.49 bits per heavy atom. The summed E-state index contributed by atoms with van der Waals surface area (Å²) in [6.07, 6.45) is -1.35. The Bertz CT molecular complexity index is 1280. The summed E-state index contributed by atoms with van der Waals surface area (Å²) in [6, 6.07) is 0. The van der Waals surface area contributed by atoms with Gasteiger partial charge in [-0.15, -0.1) is 0 Å². The quantitative estimate of drug-likeness (QED) is 0.0799. The number of nitrogens with zero attached hydrogens (tertiary/aromatic N) is 4. The Morgan fingerprint density at radius 1 is 1.23 bits per heavy atom. The van der Waals surface area contributed by atoms with Gasteiger partial charge in [-0.3, -0.25) is 4.52 Å². The number of nitrogens with two attached hydrogens (primary N) is 1. The zero-order valence-corrected chi connectivity index (χ0v) is 20.1. The highest BCUT2D eigenvalue weighted by Gasteiger charge is 2.54. The summed E-state index contributed by atoms with van der Waals surface area (Å²) in [5, 5.41) is 33.5. The highest BCUT2D eigenvalue weighted by Crippen LogP contribution is 2.66. The van der Waals surface area contributed by atoms with Gasteiger partial charge in [-0.1, -0.05) is 5.16 Å². The van der Waals surface area contributed by atoms with Crippen molar-refractivity contribution in [2.75, 3.05) is 12.3 Å². The lowest BCUT2D eigenvalue weighted by Gasteiger charge is -2.27. The fraction of sp³-hybridized carbons (Fsp3) is 0.462. The van der Waals surface area contributed by atoms with Crippen molar-refractivity contribution in [2.45, 2.75) is 31.0 Å². The molecule has 22 heteroatoms. The fourth-order valence-corrected chi connectivity index (χ4v) is 6.36. The number of phosphoric acid groups is 3. The van der Waals surface area contributed by atoms with Crippen LogP contribution >= 0.6 is 23.5 Å². The molecular weight excluding hydrogens is 543 g/mol. The maximum absolute atomic E-state index is 12.0. The van der Waals surface area contributed by atoms with E-state index in [9.17, 15) is 33.7 Å². The summed E-state index contributed by atoms with van der Waals surface area (Å²) in [6.45, 7) is 0.141. The molecule has 1 fully saturated rings. The molecular formula is C13H20N5O14P3. The van der Waals surface area contributed by atoms with E-state index in [1.54, 1.807) is 0 Å². The number of rotatable bonds is 9. The second-order valence-corrected chi connectivity index (χ2v) is 11.7. The van der Waals surface area contributed by atoms with Crippen molar-refractivity contribution >= 4 is 46.5 Å². The molecule has 1 aliphatic rings. The third-order valence-corrected chi connectivity index (χ3v) is 8.49. The van der Waals surface area contributed by atoms with E-state index in [-0.39, 0.29) is 22.4 Å². The van der Waals surface area contributed by atoms with Gasteiger partial charge in [-0.25, -0.2) is 23.7 Å². The number of nitrogen functional groups attached to an aromatic ring is 1. The average molecular weight is 563 g/mol. The van der Waals surface area contributed by atoms with E-state index in [2.05, 4.69) is 28.3 Å². The van der Waals surface area contributed by atoms with Gasteiger partial charge in [-0.2, -0.15) is 8.62 Å². The molecule has 6 atom stereocenters. The van der Waals surface area contributed by atoms with Gasteiger partial charge in [0.2, 0.25) is 0 Å². The summed E-state index contributed by atoms with van der Waals surface area (Å²) >= 11 is 0. The number of fused-ring (bicyclic) bond motifs is 1. The Balaban J connectivity index is 1.83. The molecule has 0 amide bonds. The highest BCUT2D eigenvalue weighted by molar-refractivity contribution is 7.66. The molecule has 2 unspecified atom stereocenters. The van der Waals surface area contributed by atoms with Crippen molar-refractivity contribution in [3.05, 3.63) is 18.1 Å². The SMILES string of the molecule is C[C@@]1(O)[C@H](O)[C@@H](COP(=O)(O)OP(=O)(O)OP(=O)(O)O)O[C@H]1n1cc(/C=N/O)c2c(N)ncnc21. The number of ether oxygens (including phenoxy) is 1. The van der Waals surface area contributed by atoms with Crippen LogP contribution < -0.4 is 5.73 Å². The molecule has 3 heterocycles. The van der Waals surface area contributed by atoms with E-state index in [1.165, 1.54) is 10.8 Å². The molecule has 3 rings (SSSR count).